The summed E-state index contributed by atoms with van der Waals surface area (Å²) in [6, 6.07) is 18.0. The minimum atomic E-state index is -0.605. The standard InChI is InChI=1S/C21H15ClN2O4/c1-27-19-15(3-2-4-16(19)22)12-5-7-13(8-6-12)21-23-17-11-14(20(25)24-26)9-10-18(17)28-21/h2-11,26H,1H3,(H,24,25). The summed E-state index contributed by atoms with van der Waals surface area (Å²) in [5, 5.41) is 9.30. The number of hydroxylamine groups is 1. The average molecular weight is 395 g/mol. The van der Waals surface area contributed by atoms with Crippen LogP contribution in [0.4, 0.5) is 0 Å². The molecule has 0 saturated carbocycles. The number of carbonyl (C=O) groups excluding carboxylic acids is 1. The molecule has 2 N–H and O–H groups in total. The number of carbonyl (C=O) groups is 1. The third kappa shape index (κ3) is 3.19. The first-order chi connectivity index (χ1) is 13.6. The Kier molecular flexibility index (Phi) is 4.73. The van der Waals surface area contributed by atoms with Crippen molar-refractivity contribution in [3.8, 4) is 28.3 Å². The molecular formula is C21H15ClN2O4. The fourth-order valence-electron chi connectivity index (χ4n) is 2.99. The van der Waals surface area contributed by atoms with E-state index in [2.05, 4.69) is 4.98 Å². The molecule has 0 radical (unpaired) electrons. The third-order valence-corrected chi connectivity index (χ3v) is 4.66. The number of aromatic nitrogens is 1. The number of hydrogen-bond donors (Lipinski definition) is 2. The number of methoxy groups -OCH3 is 1. The van der Waals surface area contributed by atoms with Crippen LogP contribution in [0, 0.1) is 0 Å². The highest BCUT2D eigenvalue weighted by atomic mass is 35.5. The van der Waals surface area contributed by atoms with Crippen LogP contribution < -0.4 is 10.2 Å². The van der Waals surface area contributed by atoms with Gasteiger partial charge in [-0.15, -0.1) is 0 Å². The van der Waals surface area contributed by atoms with Crippen molar-refractivity contribution in [2.75, 3.05) is 7.11 Å². The molecule has 140 valence electrons. The Morgan fingerprint density at radius 1 is 1.11 bits per heavy atom. The first-order valence-corrected chi connectivity index (χ1v) is 8.77. The van der Waals surface area contributed by atoms with Crippen LogP contribution in [0.2, 0.25) is 5.02 Å². The number of fused-ring (bicyclic) bond motifs is 1. The normalized spacial score (nSPS) is 10.8. The van der Waals surface area contributed by atoms with Crippen molar-refractivity contribution < 1.29 is 19.2 Å². The summed E-state index contributed by atoms with van der Waals surface area (Å²) < 4.78 is 11.2. The maximum atomic E-state index is 11.5. The molecule has 1 amide bonds. The number of amides is 1. The monoisotopic (exact) mass is 394 g/mol. The SMILES string of the molecule is COc1c(Cl)cccc1-c1ccc(-c2nc3cc(C(=O)NO)ccc3o2)cc1. The summed E-state index contributed by atoms with van der Waals surface area (Å²) in [4.78, 5) is 16.0. The van der Waals surface area contributed by atoms with Crippen molar-refractivity contribution in [3.05, 3.63) is 71.2 Å². The Morgan fingerprint density at radius 2 is 1.86 bits per heavy atom. The van der Waals surface area contributed by atoms with Gasteiger partial charge in [-0.05, 0) is 42.0 Å². The van der Waals surface area contributed by atoms with E-state index in [1.807, 2.05) is 36.4 Å². The predicted molar refractivity (Wildman–Crippen MR) is 106 cm³/mol. The Morgan fingerprint density at radius 3 is 2.57 bits per heavy atom. The van der Waals surface area contributed by atoms with E-state index in [0.29, 0.717) is 33.3 Å². The number of nitrogens with zero attached hydrogens (tertiary/aromatic N) is 1. The van der Waals surface area contributed by atoms with Gasteiger partial charge in [0.1, 0.15) is 11.3 Å². The van der Waals surface area contributed by atoms with E-state index >= 15 is 0 Å². The van der Waals surface area contributed by atoms with Crippen molar-refractivity contribution in [3.63, 3.8) is 0 Å². The molecule has 0 aliphatic heterocycles. The second kappa shape index (κ2) is 7.34. The van der Waals surface area contributed by atoms with Crippen molar-refractivity contribution >= 4 is 28.6 Å². The second-order valence-corrected chi connectivity index (χ2v) is 6.45. The number of nitrogens with one attached hydrogen (secondary N) is 1. The van der Waals surface area contributed by atoms with Gasteiger partial charge in [0.15, 0.2) is 5.58 Å². The van der Waals surface area contributed by atoms with E-state index in [-0.39, 0.29) is 0 Å². The molecule has 0 fully saturated rings. The maximum Gasteiger partial charge on any atom is 0.274 e. The number of oxazole rings is 1. The van der Waals surface area contributed by atoms with Gasteiger partial charge in [0.2, 0.25) is 5.89 Å². The van der Waals surface area contributed by atoms with Crippen LogP contribution in [-0.2, 0) is 0 Å². The average Bonchev–Trinajstić information content (AvgIpc) is 3.16. The minimum absolute atomic E-state index is 0.290. The lowest BCUT2D eigenvalue weighted by molar-refractivity contribution is 0.0706. The summed E-state index contributed by atoms with van der Waals surface area (Å²) in [6.45, 7) is 0. The van der Waals surface area contributed by atoms with E-state index in [9.17, 15) is 4.79 Å². The molecule has 7 heteroatoms. The van der Waals surface area contributed by atoms with E-state index < -0.39 is 5.91 Å². The number of rotatable bonds is 4. The first-order valence-electron chi connectivity index (χ1n) is 8.39. The summed E-state index contributed by atoms with van der Waals surface area (Å²) in [5.74, 6) is 0.445. The summed E-state index contributed by atoms with van der Waals surface area (Å²) in [5.41, 5.74) is 5.58. The Hall–Kier alpha value is -3.35. The number of ether oxygens (including phenoxy) is 1. The molecule has 3 aromatic carbocycles. The van der Waals surface area contributed by atoms with Gasteiger partial charge in [-0.3, -0.25) is 10.0 Å². The van der Waals surface area contributed by atoms with Crippen LogP contribution in [0.1, 0.15) is 10.4 Å². The summed E-state index contributed by atoms with van der Waals surface area (Å²) in [7, 11) is 1.59. The number of para-hydroxylation sites is 1. The molecule has 0 aliphatic rings. The van der Waals surface area contributed by atoms with Crippen LogP contribution in [0.3, 0.4) is 0 Å². The van der Waals surface area contributed by atoms with E-state index in [0.717, 1.165) is 16.7 Å². The maximum absolute atomic E-state index is 11.5. The molecule has 4 aromatic rings. The predicted octanol–water partition coefficient (Wildman–Crippen LogP) is 4.94. The van der Waals surface area contributed by atoms with Gasteiger partial charge in [0.05, 0.1) is 12.1 Å². The topological polar surface area (TPSA) is 84.6 Å². The Bertz CT molecular complexity index is 1170. The summed E-state index contributed by atoms with van der Waals surface area (Å²) >= 11 is 6.20. The summed E-state index contributed by atoms with van der Waals surface area (Å²) in [6.07, 6.45) is 0. The number of halogens is 1. The molecular weight excluding hydrogens is 380 g/mol. The molecule has 0 unspecified atom stereocenters. The molecule has 0 bridgehead atoms. The fourth-order valence-corrected chi connectivity index (χ4v) is 3.24. The zero-order valence-electron chi connectivity index (χ0n) is 14.8. The molecule has 0 aliphatic carbocycles. The van der Waals surface area contributed by atoms with Gasteiger partial charge in [-0.2, -0.15) is 0 Å². The molecule has 28 heavy (non-hydrogen) atoms. The molecule has 0 atom stereocenters. The second-order valence-electron chi connectivity index (χ2n) is 6.04. The quantitative estimate of drug-likeness (QED) is 0.378. The van der Waals surface area contributed by atoms with Crippen molar-refractivity contribution in [2.45, 2.75) is 0 Å². The lowest BCUT2D eigenvalue weighted by Gasteiger charge is -2.10. The highest BCUT2D eigenvalue weighted by molar-refractivity contribution is 6.32. The van der Waals surface area contributed by atoms with Crippen LogP contribution in [-0.4, -0.2) is 23.2 Å². The Balaban J connectivity index is 1.69. The molecule has 1 aromatic heterocycles. The zero-order chi connectivity index (χ0) is 19.7. The Labute approximate surface area is 165 Å². The van der Waals surface area contributed by atoms with Gasteiger partial charge in [-0.1, -0.05) is 35.9 Å². The van der Waals surface area contributed by atoms with Crippen molar-refractivity contribution in [1.29, 1.82) is 0 Å². The lowest BCUT2D eigenvalue weighted by Crippen LogP contribution is -2.18. The zero-order valence-corrected chi connectivity index (χ0v) is 15.5. The van der Waals surface area contributed by atoms with Crippen molar-refractivity contribution in [1.82, 2.24) is 10.5 Å². The fraction of sp³-hybridized carbons (Fsp3) is 0.0476. The molecule has 0 saturated heterocycles. The van der Waals surface area contributed by atoms with Gasteiger partial charge in [-0.25, -0.2) is 10.5 Å². The molecule has 0 spiro atoms. The van der Waals surface area contributed by atoms with Crippen LogP contribution in [0.15, 0.2) is 65.1 Å². The molecule has 6 nitrogen and oxygen atoms in total. The lowest BCUT2D eigenvalue weighted by atomic mass is 10.0. The smallest absolute Gasteiger partial charge is 0.274 e. The van der Waals surface area contributed by atoms with E-state index in [4.69, 9.17) is 26.0 Å². The first kappa shape index (κ1) is 18.0. The minimum Gasteiger partial charge on any atom is -0.495 e. The van der Waals surface area contributed by atoms with Gasteiger partial charge in [0.25, 0.3) is 5.91 Å². The van der Waals surface area contributed by atoms with Crippen LogP contribution >= 0.6 is 11.6 Å². The molecule has 4 rings (SSSR count). The van der Waals surface area contributed by atoms with E-state index in [1.165, 1.54) is 0 Å². The van der Waals surface area contributed by atoms with Gasteiger partial charge >= 0.3 is 0 Å². The van der Waals surface area contributed by atoms with E-state index in [1.54, 1.807) is 36.9 Å². The molecule has 1 heterocycles. The van der Waals surface area contributed by atoms with Crippen molar-refractivity contribution in [2.24, 2.45) is 0 Å². The van der Waals surface area contributed by atoms with Gasteiger partial charge in [0, 0.05) is 16.7 Å². The van der Waals surface area contributed by atoms with Gasteiger partial charge < -0.3 is 9.15 Å². The highest BCUT2D eigenvalue weighted by Crippen LogP contribution is 2.36. The number of benzene rings is 3. The largest absolute Gasteiger partial charge is 0.495 e. The number of hydrogen-bond acceptors (Lipinski definition) is 5. The highest BCUT2D eigenvalue weighted by Gasteiger charge is 2.13. The third-order valence-electron chi connectivity index (χ3n) is 4.37. The van der Waals surface area contributed by atoms with Crippen LogP contribution in [0.25, 0.3) is 33.7 Å². The van der Waals surface area contributed by atoms with Crippen LogP contribution in [0.5, 0.6) is 5.75 Å².